The topological polar surface area (TPSA) is 59.9 Å². The molecule has 2 aromatic heterocycles. The lowest BCUT2D eigenvalue weighted by Gasteiger charge is -2.13. The maximum atomic E-state index is 13.5. The molecular formula is C20H11ClF4N4O. The van der Waals surface area contributed by atoms with Crippen LogP contribution in [0.4, 0.5) is 29.1 Å². The molecule has 0 aliphatic carbocycles. The molecule has 0 spiro atoms. The number of benzene rings is 2. The second-order valence-electron chi connectivity index (χ2n) is 6.12. The summed E-state index contributed by atoms with van der Waals surface area (Å²) in [5.74, 6) is -0.537. The molecule has 10 heteroatoms. The van der Waals surface area contributed by atoms with Crippen molar-refractivity contribution in [3.8, 4) is 17.1 Å². The minimum atomic E-state index is -4.84. The Morgan fingerprint density at radius 2 is 1.83 bits per heavy atom. The molecule has 30 heavy (non-hydrogen) atoms. The van der Waals surface area contributed by atoms with Gasteiger partial charge in [-0.15, -0.1) is 13.2 Å². The number of ether oxygens (including phenoxy) is 1. The van der Waals surface area contributed by atoms with E-state index in [4.69, 9.17) is 11.6 Å². The number of nitrogens with zero attached hydrogens (tertiary/aromatic N) is 3. The number of aromatic nitrogens is 3. The van der Waals surface area contributed by atoms with E-state index in [2.05, 4.69) is 25.0 Å². The number of hydrogen-bond acceptors (Lipinski definition) is 5. The first kappa shape index (κ1) is 19.8. The summed E-state index contributed by atoms with van der Waals surface area (Å²) in [6.07, 6.45) is -1.70. The SMILES string of the molecule is Fc1ccc(Nc2nc(-c3cccnc3)nc3ccc(OC(F)(F)F)cc23)cc1Cl. The van der Waals surface area contributed by atoms with E-state index in [-0.39, 0.29) is 16.2 Å². The number of hydrogen-bond donors (Lipinski definition) is 1. The van der Waals surface area contributed by atoms with Gasteiger partial charge in [0, 0.05) is 29.0 Å². The van der Waals surface area contributed by atoms with Gasteiger partial charge in [-0.25, -0.2) is 14.4 Å². The molecule has 0 aliphatic heterocycles. The van der Waals surface area contributed by atoms with E-state index in [1.165, 1.54) is 24.3 Å². The average Bonchev–Trinajstić information content (AvgIpc) is 2.70. The van der Waals surface area contributed by atoms with Crippen LogP contribution in [0.5, 0.6) is 5.75 Å². The number of fused-ring (bicyclic) bond motifs is 1. The van der Waals surface area contributed by atoms with E-state index < -0.39 is 17.9 Å². The second-order valence-corrected chi connectivity index (χ2v) is 6.53. The molecule has 5 nitrogen and oxygen atoms in total. The van der Waals surface area contributed by atoms with Gasteiger partial charge in [0.1, 0.15) is 17.4 Å². The van der Waals surface area contributed by atoms with Crippen LogP contribution in [0.25, 0.3) is 22.3 Å². The van der Waals surface area contributed by atoms with Gasteiger partial charge in [-0.3, -0.25) is 4.98 Å². The fourth-order valence-corrected chi connectivity index (χ4v) is 2.92. The highest BCUT2D eigenvalue weighted by atomic mass is 35.5. The van der Waals surface area contributed by atoms with Crippen molar-refractivity contribution in [2.45, 2.75) is 6.36 Å². The number of nitrogens with one attached hydrogen (secondary N) is 1. The van der Waals surface area contributed by atoms with Crippen LogP contribution < -0.4 is 10.1 Å². The highest BCUT2D eigenvalue weighted by molar-refractivity contribution is 6.31. The van der Waals surface area contributed by atoms with E-state index in [0.717, 1.165) is 12.1 Å². The fourth-order valence-electron chi connectivity index (χ4n) is 2.73. The van der Waals surface area contributed by atoms with Crippen LogP contribution in [0.2, 0.25) is 5.02 Å². The van der Waals surface area contributed by atoms with Gasteiger partial charge in [0.15, 0.2) is 5.82 Å². The molecule has 0 amide bonds. The maximum absolute atomic E-state index is 13.5. The van der Waals surface area contributed by atoms with Crippen LogP contribution in [0.3, 0.4) is 0 Å². The summed E-state index contributed by atoms with van der Waals surface area (Å²) in [5, 5.41) is 3.11. The third kappa shape index (κ3) is 4.41. The van der Waals surface area contributed by atoms with Gasteiger partial charge >= 0.3 is 6.36 Å². The van der Waals surface area contributed by atoms with Gasteiger partial charge in [-0.2, -0.15) is 0 Å². The quantitative estimate of drug-likeness (QED) is 0.392. The Balaban J connectivity index is 1.85. The first-order valence-electron chi connectivity index (χ1n) is 8.48. The minimum Gasteiger partial charge on any atom is -0.406 e. The zero-order valence-electron chi connectivity index (χ0n) is 14.9. The van der Waals surface area contributed by atoms with Crippen molar-refractivity contribution in [1.82, 2.24) is 15.0 Å². The Hall–Kier alpha value is -3.46. The lowest BCUT2D eigenvalue weighted by atomic mass is 10.2. The van der Waals surface area contributed by atoms with E-state index in [0.29, 0.717) is 22.6 Å². The minimum absolute atomic E-state index is 0.119. The van der Waals surface area contributed by atoms with Gasteiger partial charge < -0.3 is 10.1 Å². The summed E-state index contributed by atoms with van der Waals surface area (Å²) in [4.78, 5) is 12.8. The largest absolute Gasteiger partial charge is 0.573 e. The summed E-state index contributed by atoms with van der Waals surface area (Å²) in [7, 11) is 0. The lowest BCUT2D eigenvalue weighted by Crippen LogP contribution is -2.17. The third-order valence-electron chi connectivity index (χ3n) is 4.00. The van der Waals surface area contributed by atoms with Crippen LogP contribution in [0.15, 0.2) is 60.9 Å². The number of rotatable bonds is 4. The lowest BCUT2D eigenvalue weighted by molar-refractivity contribution is -0.274. The molecule has 0 unspecified atom stereocenters. The zero-order chi connectivity index (χ0) is 21.3. The van der Waals surface area contributed by atoms with Crippen LogP contribution in [0.1, 0.15) is 0 Å². The van der Waals surface area contributed by atoms with Crippen molar-refractivity contribution in [3.63, 3.8) is 0 Å². The van der Waals surface area contributed by atoms with Crippen molar-refractivity contribution in [2.24, 2.45) is 0 Å². The first-order chi connectivity index (χ1) is 14.3. The normalized spacial score (nSPS) is 11.5. The van der Waals surface area contributed by atoms with Crippen LogP contribution in [-0.4, -0.2) is 21.3 Å². The molecule has 4 aromatic rings. The molecule has 0 bridgehead atoms. The second kappa shape index (κ2) is 7.75. The molecule has 0 atom stereocenters. The zero-order valence-corrected chi connectivity index (χ0v) is 15.7. The molecule has 2 aromatic carbocycles. The van der Waals surface area contributed by atoms with E-state index in [9.17, 15) is 17.6 Å². The van der Waals surface area contributed by atoms with Crippen molar-refractivity contribution < 1.29 is 22.3 Å². The Morgan fingerprint density at radius 1 is 1.00 bits per heavy atom. The summed E-state index contributed by atoms with van der Waals surface area (Å²) in [6, 6.07) is 11.1. The molecule has 0 saturated carbocycles. The molecule has 4 rings (SSSR count). The Labute approximate surface area is 172 Å². The predicted octanol–water partition coefficient (Wildman–Crippen LogP) is 6.13. The fraction of sp³-hybridized carbons (Fsp3) is 0.0500. The molecule has 0 saturated heterocycles. The van der Waals surface area contributed by atoms with Crippen molar-refractivity contribution in [3.05, 3.63) is 71.8 Å². The van der Waals surface area contributed by atoms with Crippen molar-refractivity contribution in [1.29, 1.82) is 0 Å². The third-order valence-corrected chi connectivity index (χ3v) is 4.29. The number of alkyl halides is 3. The van der Waals surface area contributed by atoms with Gasteiger partial charge in [-0.1, -0.05) is 11.6 Å². The Kier molecular flexibility index (Phi) is 5.13. The number of halogens is 5. The van der Waals surface area contributed by atoms with Gasteiger partial charge in [0.2, 0.25) is 0 Å². The molecule has 1 N–H and O–H groups in total. The summed E-state index contributed by atoms with van der Waals surface area (Å²) < 4.78 is 55.4. The van der Waals surface area contributed by atoms with E-state index >= 15 is 0 Å². The highest BCUT2D eigenvalue weighted by Crippen LogP contribution is 2.32. The van der Waals surface area contributed by atoms with Crippen LogP contribution in [-0.2, 0) is 0 Å². The Morgan fingerprint density at radius 3 is 2.53 bits per heavy atom. The van der Waals surface area contributed by atoms with Gasteiger partial charge in [0.25, 0.3) is 0 Å². The van der Waals surface area contributed by atoms with E-state index in [1.807, 2.05) is 0 Å². The predicted molar refractivity (Wildman–Crippen MR) is 104 cm³/mol. The summed E-state index contributed by atoms with van der Waals surface area (Å²) >= 11 is 5.82. The number of pyridine rings is 1. The van der Waals surface area contributed by atoms with Gasteiger partial charge in [-0.05, 0) is 48.5 Å². The Bertz CT molecular complexity index is 1220. The molecule has 0 fully saturated rings. The van der Waals surface area contributed by atoms with Crippen LogP contribution >= 0.6 is 11.6 Å². The standard InChI is InChI=1S/C20H11ClF4N4O/c21-15-8-12(3-5-16(15)22)27-19-14-9-13(30-20(23,24)25)4-6-17(14)28-18(29-19)11-2-1-7-26-10-11/h1-10H,(H,27,28,29). The molecule has 152 valence electrons. The monoisotopic (exact) mass is 434 g/mol. The smallest absolute Gasteiger partial charge is 0.406 e. The summed E-state index contributed by atoms with van der Waals surface area (Å²) in [6.45, 7) is 0. The molecular weight excluding hydrogens is 424 g/mol. The number of anilines is 2. The van der Waals surface area contributed by atoms with Crippen LogP contribution in [0, 0.1) is 5.82 Å². The van der Waals surface area contributed by atoms with Crippen molar-refractivity contribution >= 4 is 34.0 Å². The molecule has 0 radical (unpaired) electrons. The highest BCUT2D eigenvalue weighted by Gasteiger charge is 2.31. The molecule has 2 heterocycles. The molecule has 0 aliphatic rings. The summed E-state index contributed by atoms with van der Waals surface area (Å²) in [5.41, 5.74) is 1.37. The van der Waals surface area contributed by atoms with Crippen molar-refractivity contribution in [2.75, 3.05) is 5.32 Å². The van der Waals surface area contributed by atoms with E-state index in [1.54, 1.807) is 24.5 Å². The first-order valence-corrected chi connectivity index (χ1v) is 8.86. The van der Waals surface area contributed by atoms with Gasteiger partial charge in [0.05, 0.1) is 10.5 Å². The maximum Gasteiger partial charge on any atom is 0.573 e. The average molecular weight is 435 g/mol.